The summed E-state index contributed by atoms with van der Waals surface area (Å²) in [6.45, 7) is 3.16. The molecule has 23 heavy (non-hydrogen) atoms. The summed E-state index contributed by atoms with van der Waals surface area (Å²) >= 11 is 0. The summed E-state index contributed by atoms with van der Waals surface area (Å²) in [7, 11) is 0. The van der Waals surface area contributed by atoms with Gasteiger partial charge in [-0.2, -0.15) is 5.21 Å². The number of benzene rings is 1. The topological polar surface area (TPSA) is 86.8 Å². The van der Waals surface area contributed by atoms with Crippen LogP contribution in [0.15, 0.2) is 30.3 Å². The van der Waals surface area contributed by atoms with Crippen LogP contribution < -0.4 is 5.32 Å². The Kier molecular flexibility index (Phi) is 3.78. The number of hydrogen-bond donors (Lipinski definition) is 2. The number of hydrogen-bond acceptors (Lipinski definition) is 5. The molecule has 1 aliphatic carbocycles. The molecule has 1 aliphatic heterocycles. The summed E-state index contributed by atoms with van der Waals surface area (Å²) in [5.41, 5.74) is 1.36. The Balaban J connectivity index is 1.19. The van der Waals surface area contributed by atoms with Crippen LogP contribution in [-0.4, -0.2) is 50.6 Å². The first-order valence-electron chi connectivity index (χ1n) is 8.07. The first-order valence-corrected chi connectivity index (χ1v) is 8.07. The average Bonchev–Trinajstić information content (AvgIpc) is 2.99. The predicted molar refractivity (Wildman–Crippen MR) is 83.1 cm³/mol. The number of H-pyrrole nitrogens is 1. The van der Waals surface area contributed by atoms with Gasteiger partial charge in [0.15, 0.2) is 5.82 Å². The van der Waals surface area contributed by atoms with E-state index in [-0.39, 0.29) is 5.91 Å². The fourth-order valence-corrected chi connectivity index (χ4v) is 3.57. The van der Waals surface area contributed by atoms with Crippen molar-refractivity contribution in [3.63, 3.8) is 0 Å². The monoisotopic (exact) mass is 312 g/mol. The lowest BCUT2D eigenvalue weighted by Crippen LogP contribution is -2.34. The zero-order valence-electron chi connectivity index (χ0n) is 12.9. The number of carbonyl (C=O) groups excluding carboxylic acids is 1. The Hall–Kier alpha value is -2.28. The van der Waals surface area contributed by atoms with Crippen LogP contribution in [0.3, 0.4) is 0 Å². The molecule has 0 spiro atoms. The molecule has 7 heteroatoms. The molecule has 2 aliphatic rings. The van der Waals surface area contributed by atoms with Gasteiger partial charge in [-0.15, -0.1) is 10.2 Å². The van der Waals surface area contributed by atoms with E-state index in [0.717, 1.165) is 19.6 Å². The SMILES string of the molecule is O=C(CCc1nn[nH]n1)NC1C2CN(Cc3ccccc3)CC21. The maximum Gasteiger partial charge on any atom is 0.220 e. The lowest BCUT2D eigenvalue weighted by molar-refractivity contribution is -0.121. The third-order valence-electron chi connectivity index (χ3n) is 4.81. The largest absolute Gasteiger partial charge is 0.353 e. The number of rotatable bonds is 6. The number of carbonyl (C=O) groups is 1. The van der Waals surface area contributed by atoms with Gasteiger partial charge in [-0.3, -0.25) is 9.69 Å². The van der Waals surface area contributed by atoms with Crippen molar-refractivity contribution in [2.75, 3.05) is 13.1 Å². The second-order valence-corrected chi connectivity index (χ2v) is 6.43. The molecule has 1 aromatic heterocycles. The van der Waals surface area contributed by atoms with E-state index in [9.17, 15) is 4.79 Å². The van der Waals surface area contributed by atoms with Gasteiger partial charge >= 0.3 is 0 Å². The van der Waals surface area contributed by atoms with Crippen LogP contribution in [-0.2, 0) is 17.8 Å². The van der Waals surface area contributed by atoms with Gasteiger partial charge in [-0.1, -0.05) is 35.5 Å². The van der Waals surface area contributed by atoms with Gasteiger partial charge in [-0.25, -0.2) is 0 Å². The molecule has 1 amide bonds. The fourth-order valence-electron chi connectivity index (χ4n) is 3.57. The quantitative estimate of drug-likeness (QED) is 0.805. The number of amides is 1. The lowest BCUT2D eigenvalue weighted by Gasteiger charge is -2.19. The summed E-state index contributed by atoms with van der Waals surface area (Å²) in [6.07, 6.45) is 0.952. The van der Waals surface area contributed by atoms with Gasteiger partial charge in [-0.05, 0) is 17.4 Å². The molecule has 2 unspecified atom stereocenters. The molecule has 7 nitrogen and oxygen atoms in total. The van der Waals surface area contributed by atoms with Crippen LogP contribution in [0.1, 0.15) is 17.8 Å². The first-order chi connectivity index (χ1) is 11.3. The minimum atomic E-state index is 0.0869. The van der Waals surface area contributed by atoms with Crippen molar-refractivity contribution in [3.8, 4) is 0 Å². The lowest BCUT2D eigenvalue weighted by atomic mass is 10.2. The normalized spacial score (nSPS) is 26.0. The maximum atomic E-state index is 12.0. The molecule has 1 saturated carbocycles. The highest BCUT2D eigenvalue weighted by Crippen LogP contribution is 2.45. The Morgan fingerprint density at radius 2 is 2.04 bits per heavy atom. The molecule has 120 valence electrons. The minimum Gasteiger partial charge on any atom is -0.353 e. The van der Waals surface area contributed by atoms with E-state index in [1.807, 2.05) is 6.07 Å². The van der Waals surface area contributed by atoms with Crippen LogP contribution in [0.5, 0.6) is 0 Å². The van der Waals surface area contributed by atoms with E-state index < -0.39 is 0 Å². The molecule has 1 saturated heterocycles. The van der Waals surface area contributed by atoms with E-state index in [0.29, 0.717) is 36.5 Å². The molecule has 2 fully saturated rings. The highest BCUT2D eigenvalue weighted by atomic mass is 16.1. The number of nitrogens with one attached hydrogen (secondary N) is 2. The third kappa shape index (κ3) is 3.24. The smallest absolute Gasteiger partial charge is 0.220 e. The molecular weight excluding hydrogens is 292 g/mol. The van der Waals surface area contributed by atoms with Crippen LogP contribution in [0.25, 0.3) is 0 Å². The fraction of sp³-hybridized carbons (Fsp3) is 0.500. The number of aromatic amines is 1. The van der Waals surface area contributed by atoms with Crippen molar-refractivity contribution in [1.29, 1.82) is 0 Å². The number of tetrazole rings is 1. The standard InChI is InChI=1S/C16H20N6O/c23-15(7-6-14-18-20-21-19-14)17-16-12-9-22(10-13(12)16)8-11-4-2-1-3-5-11/h1-5,12-13,16H,6-10H2,(H,17,23)(H,18,19,20,21). The van der Waals surface area contributed by atoms with Gasteiger partial charge in [0.05, 0.1) is 0 Å². The Morgan fingerprint density at radius 3 is 2.74 bits per heavy atom. The van der Waals surface area contributed by atoms with Crippen LogP contribution in [0.4, 0.5) is 0 Å². The molecule has 4 rings (SSSR count). The van der Waals surface area contributed by atoms with E-state index in [1.54, 1.807) is 0 Å². The van der Waals surface area contributed by atoms with Gasteiger partial charge in [0, 0.05) is 38.5 Å². The van der Waals surface area contributed by atoms with Gasteiger partial charge < -0.3 is 5.32 Å². The summed E-state index contributed by atoms with van der Waals surface area (Å²) in [5.74, 6) is 1.91. The van der Waals surface area contributed by atoms with E-state index in [2.05, 4.69) is 55.1 Å². The van der Waals surface area contributed by atoms with Crippen molar-refractivity contribution in [1.82, 2.24) is 30.8 Å². The van der Waals surface area contributed by atoms with E-state index >= 15 is 0 Å². The number of aryl methyl sites for hydroxylation is 1. The van der Waals surface area contributed by atoms with Crippen LogP contribution in [0, 0.1) is 11.8 Å². The summed E-state index contributed by atoms with van der Waals surface area (Å²) in [6, 6.07) is 10.9. The number of fused-ring (bicyclic) bond motifs is 1. The summed E-state index contributed by atoms with van der Waals surface area (Å²) in [4.78, 5) is 14.5. The van der Waals surface area contributed by atoms with Crippen LogP contribution >= 0.6 is 0 Å². The molecule has 2 N–H and O–H groups in total. The Bertz CT molecular complexity index is 646. The predicted octanol–water partition coefficient (Wildman–Crippen LogP) is 0.379. The Morgan fingerprint density at radius 1 is 1.26 bits per heavy atom. The molecule has 2 heterocycles. The molecule has 2 aromatic rings. The van der Waals surface area contributed by atoms with Crippen molar-refractivity contribution in [2.45, 2.75) is 25.4 Å². The Labute approximate surface area is 134 Å². The highest BCUT2D eigenvalue weighted by Gasteiger charge is 2.56. The highest BCUT2D eigenvalue weighted by molar-refractivity contribution is 5.77. The van der Waals surface area contributed by atoms with Crippen molar-refractivity contribution in [2.24, 2.45) is 11.8 Å². The number of likely N-dealkylation sites (tertiary alicyclic amines) is 1. The third-order valence-corrected chi connectivity index (χ3v) is 4.81. The van der Waals surface area contributed by atoms with Gasteiger partial charge in [0.2, 0.25) is 5.91 Å². The molecule has 0 radical (unpaired) electrons. The van der Waals surface area contributed by atoms with Crippen molar-refractivity contribution < 1.29 is 4.79 Å². The molecule has 2 atom stereocenters. The molecule has 1 aromatic carbocycles. The van der Waals surface area contributed by atoms with Crippen molar-refractivity contribution in [3.05, 3.63) is 41.7 Å². The number of piperidine rings is 1. The second-order valence-electron chi connectivity index (χ2n) is 6.43. The minimum absolute atomic E-state index is 0.0869. The van der Waals surface area contributed by atoms with Gasteiger partial charge in [0.1, 0.15) is 0 Å². The first kappa shape index (κ1) is 14.3. The summed E-state index contributed by atoms with van der Waals surface area (Å²) < 4.78 is 0. The van der Waals surface area contributed by atoms with E-state index in [4.69, 9.17) is 0 Å². The second kappa shape index (κ2) is 6.08. The zero-order valence-corrected chi connectivity index (χ0v) is 12.9. The number of nitrogens with zero attached hydrogens (tertiary/aromatic N) is 4. The van der Waals surface area contributed by atoms with Gasteiger partial charge in [0.25, 0.3) is 0 Å². The zero-order chi connectivity index (χ0) is 15.6. The average molecular weight is 312 g/mol. The van der Waals surface area contributed by atoms with E-state index in [1.165, 1.54) is 5.56 Å². The summed E-state index contributed by atoms with van der Waals surface area (Å²) in [5, 5.41) is 16.7. The maximum absolute atomic E-state index is 12.0. The molecule has 0 bridgehead atoms. The van der Waals surface area contributed by atoms with Crippen molar-refractivity contribution >= 4 is 5.91 Å². The molecular formula is C16H20N6O. The van der Waals surface area contributed by atoms with Crippen LogP contribution in [0.2, 0.25) is 0 Å². The number of aromatic nitrogens is 4.